The van der Waals surface area contributed by atoms with Crippen molar-refractivity contribution in [3.05, 3.63) is 53.1 Å². The first-order valence-corrected chi connectivity index (χ1v) is 11.5. The van der Waals surface area contributed by atoms with Crippen LogP contribution in [0.1, 0.15) is 49.3 Å². The van der Waals surface area contributed by atoms with Gasteiger partial charge in [0, 0.05) is 17.5 Å². The number of aryl methyl sites for hydroxylation is 2. The first-order valence-electron chi connectivity index (χ1n) is 11.5. The summed E-state index contributed by atoms with van der Waals surface area (Å²) >= 11 is 0. The van der Waals surface area contributed by atoms with Crippen LogP contribution >= 0.6 is 0 Å². The molecular formula is C26H28F3NO2. The first-order chi connectivity index (χ1) is 15.1. The second-order valence-corrected chi connectivity index (χ2v) is 10.3. The molecule has 6 heteroatoms. The van der Waals surface area contributed by atoms with Crippen LogP contribution < -0.4 is 9.64 Å². The second-order valence-electron chi connectivity index (χ2n) is 10.3. The molecule has 2 saturated heterocycles. The van der Waals surface area contributed by atoms with Crippen LogP contribution in [0.2, 0.25) is 0 Å². The maximum atomic E-state index is 13.1. The highest BCUT2D eigenvalue weighted by molar-refractivity contribution is 5.71. The number of rotatable bonds is 2. The maximum Gasteiger partial charge on any atom is 0.417 e. The van der Waals surface area contributed by atoms with Gasteiger partial charge in [-0.1, -0.05) is 24.3 Å². The normalized spacial score (nSPS) is 34.8. The van der Waals surface area contributed by atoms with E-state index < -0.39 is 18.4 Å². The van der Waals surface area contributed by atoms with Gasteiger partial charge >= 0.3 is 6.18 Å². The van der Waals surface area contributed by atoms with Gasteiger partial charge in [-0.3, -0.25) is 0 Å². The molecular weight excluding hydrogens is 415 g/mol. The Labute approximate surface area is 186 Å². The minimum Gasteiger partial charge on any atom is -0.455 e. The van der Waals surface area contributed by atoms with Crippen molar-refractivity contribution < 1.29 is 22.6 Å². The van der Waals surface area contributed by atoms with Crippen LogP contribution in [0.15, 0.2) is 36.4 Å². The number of hydrogen-bond donors (Lipinski definition) is 0. The van der Waals surface area contributed by atoms with Crippen molar-refractivity contribution in [3.8, 4) is 11.5 Å². The molecule has 3 fully saturated rings. The first kappa shape index (κ1) is 20.4. The summed E-state index contributed by atoms with van der Waals surface area (Å²) in [5, 5.41) is 0. The summed E-state index contributed by atoms with van der Waals surface area (Å²) < 4.78 is 50.8. The number of alkyl halides is 3. The lowest BCUT2D eigenvalue weighted by atomic mass is 9.68. The van der Waals surface area contributed by atoms with Crippen LogP contribution in [0.5, 0.6) is 11.5 Å². The van der Waals surface area contributed by atoms with Gasteiger partial charge in [0.05, 0.1) is 17.3 Å². The van der Waals surface area contributed by atoms with Gasteiger partial charge in [0.15, 0.2) is 11.9 Å². The third-order valence-corrected chi connectivity index (χ3v) is 8.48. The maximum absolute atomic E-state index is 13.1. The lowest BCUT2D eigenvalue weighted by Crippen LogP contribution is -2.55. The van der Waals surface area contributed by atoms with Crippen molar-refractivity contribution in [2.45, 2.75) is 70.4 Å². The molecule has 0 bridgehead atoms. The zero-order valence-corrected chi connectivity index (χ0v) is 18.6. The molecule has 3 unspecified atom stereocenters. The molecule has 3 nitrogen and oxygen atoms in total. The number of halogens is 3. The van der Waals surface area contributed by atoms with Gasteiger partial charge in [-0.15, -0.1) is 0 Å². The van der Waals surface area contributed by atoms with Crippen molar-refractivity contribution in [1.29, 1.82) is 0 Å². The average molecular weight is 444 g/mol. The van der Waals surface area contributed by atoms with E-state index in [1.54, 1.807) is 0 Å². The largest absolute Gasteiger partial charge is 0.455 e. The standard InChI is InChI=1S/C26H28F3NO2/c1-15-11-16(2)22-20(12-15)31-19-8-5-4-7-18(19)24(3)25(9-6-10-30(22)24)14-17(25)13-21-23(32-21)26(27,28)29/h4-5,7-8,11-12,17,21,23H,6,9-10,13-14H2,1-3H3/t17-,21?,23?,24+,25?/m0/s1. The molecule has 5 atom stereocenters. The quantitative estimate of drug-likeness (QED) is 0.486. The minimum absolute atomic E-state index is 0.0776. The molecule has 3 aliphatic heterocycles. The molecule has 32 heavy (non-hydrogen) atoms. The molecule has 2 aromatic carbocycles. The zero-order valence-electron chi connectivity index (χ0n) is 18.6. The number of para-hydroxylation sites is 1. The number of benzene rings is 2. The highest BCUT2D eigenvalue weighted by atomic mass is 19.4. The Morgan fingerprint density at radius 3 is 2.66 bits per heavy atom. The molecule has 3 heterocycles. The van der Waals surface area contributed by atoms with Crippen molar-refractivity contribution in [3.63, 3.8) is 0 Å². The van der Waals surface area contributed by atoms with E-state index in [1.807, 2.05) is 18.2 Å². The predicted molar refractivity (Wildman–Crippen MR) is 116 cm³/mol. The fraction of sp³-hybridized carbons (Fsp3) is 0.538. The number of hydrogen-bond acceptors (Lipinski definition) is 3. The van der Waals surface area contributed by atoms with Crippen LogP contribution in [0.25, 0.3) is 0 Å². The van der Waals surface area contributed by atoms with E-state index in [0.717, 1.165) is 54.1 Å². The number of nitrogens with zero attached hydrogens (tertiary/aromatic N) is 1. The van der Waals surface area contributed by atoms with Crippen molar-refractivity contribution in [2.24, 2.45) is 11.3 Å². The Kier molecular flexibility index (Phi) is 4.10. The van der Waals surface area contributed by atoms with E-state index >= 15 is 0 Å². The summed E-state index contributed by atoms with van der Waals surface area (Å²) in [6.45, 7) is 7.40. The molecule has 4 aliphatic rings. The van der Waals surface area contributed by atoms with Gasteiger partial charge in [-0.05, 0) is 75.6 Å². The molecule has 2 aromatic rings. The summed E-state index contributed by atoms with van der Waals surface area (Å²) in [5.41, 5.74) is 4.17. The molecule has 0 aromatic heterocycles. The average Bonchev–Trinajstić information content (AvgIpc) is 3.62. The van der Waals surface area contributed by atoms with Crippen LogP contribution in [0, 0.1) is 25.2 Å². The van der Waals surface area contributed by atoms with E-state index in [-0.39, 0.29) is 16.9 Å². The summed E-state index contributed by atoms with van der Waals surface area (Å²) in [6, 6.07) is 12.5. The number of piperidine rings is 1. The monoisotopic (exact) mass is 443 g/mol. The van der Waals surface area contributed by atoms with Crippen molar-refractivity contribution >= 4 is 5.69 Å². The highest BCUT2D eigenvalue weighted by Gasteiger charge is 2.71. The van der Waals surface area contributed by atoms with E-state index in [9.17, 15) is 13.2 Å². The fourth-order valence-corrected chi connectivity index (χ4v) is 6.94. The van der Waals surface area contributed by atoms with Crippen LogP contribution in [-0.2, 0) is 10.3 Å². The third kappa shape index (κ3) is 2.71. The number of fused-ring (bicyclic) bond motifs is 6. The number of epoxide rings is 1. The van der Waals surface area contributed by atoms with Crippen molar-refractivity contribution in [2.75, 3.05) is 11.4 Å². The van der Waals surface area contributed by atoms with Crippen LogP contribution in [0.4, 0.5) is 18.9 Å². The Hall–Kier alpha value is -2.21. The Morgan fingerprint density at radius 1 is 1.12 bits per heavy atom. The summed E-state index contributed by atoms with van der Waals surface area (Å²) in [5.74, 6) is 1.94. The third-order valence-electron chi connectivity index (χ3n) is 8.48. The van der Waals surface area contributed by atoms with Gasteiger partial charge in [-0.25, -0.2) is 0 Å². The van der Waals surface area contributed by atoms with E-state index in [4.69, 9.17) is 9.47 Å². The van der Waals surface area contributed by atoms with E-state index in [1.165, 1.54) is 5.56 Å². The van der Waals surface area contributed by atoms with Gasteiger partial charge < -0.3 is 14.4 Å². The minimum atomic E-state index is -4.26. The molecule has 0 amide bonds. The SMILES string of the molecule is Cc1cc(C)c2c(c1)Oc1ccccc1[C@@]1(C)N2CCCC12C[C@@H]2CC1OC1C(F)(F)F. The summed E-state index contributed by atoms with van der Waals surface area (Å²) in [4.78, 5) is 2.50. The second kappa shape index (κ2) is 6.43. The summed E-state index contributed by atoms with van der Waals surface area (Å²) in [6.07, 6.45) is -3.07. The number of ether oxygens (including phenoxy) is 2. The lowest BCUT2D eigenvalue weighted by molar-refractivity contribution is -0.146. The molecule has 170 valence electrons. The lowest BCUT2D eigenvalue weighted by Gasteiger charge is -2.53. The Bertz CT molecular complexity index is 1100. The number of anilines is 1. The molecule has 6 rings (SSSR count). The van der Waals surface area contributed by atoms with Crippen LogP contribution in [-0.4, -0.2) is 24.9 Å². The molecule has 1 spiro atoms. The van der Waals surface area contributed by atoms with Crippen LogP contribution in [0.3, 0.4) is 0 Å². The van der Waals surface area contributed by atoms with Crippen molar-refractivity contribution in [1.82, 2.24) is 0 Å². The smallest absolute Gasteiger partial charge is 0.417 e. The molecule has 0 N–H and O–H groups in total. The topological polar surface area (TPSA) is 25.0 Å². The van der Waals surface area contributed by atoms with E-state index in [2.05, 4.69) is 43.9 Å². The highest BCUT2D eigenvalue weighted by Crippen LogP contribution is 2.73. The molecule has 1 aliphatic carbocycles. The zero-order chi connectivity index (χ0) is 22.5. The fourth-order valence-electron chi connectivity index (χ4n) is 6.94. The van der Waals surface area contributed by atoms with Gasteiger partial charge in [0.1, 0.15) is 5.75 Å². The van der Waals surface area contributed by atoms with Gasteiger partial charge in [0.2, 0.25) is 0 Å². The predicted octanol–water partition coefficient (Wildman–Crippen LogP) is 6.65. The Balaban J connectivity index is 1.44. The van der Waals surface area contributed by atoms with E-state index in [0.29, 0.717) is 6.42 Å². The molecule has 1 saturated carbocycles. The Morgan fingerprint density at radius 2 is 1.91 bits per heavy atom. The van der Waals surface area contributed by atoms with Gasteiger partial charge in [-0.2, -0.15) is 13.2 Å². The molecule has 0 radical (unpaired) electrons. The summed E-state index contributed by atoms with van der Waals surface area (Å²) in [7, 11) is 0. The van der Waals surface area contributed by atoms with Gasteiger partial charge in [0.25, 0.3) is 0 Å².